The van der Waals surface area contributed by atoms with E-state index in [1.165, 1.54) is 0 Å². The largest absolute Gasteiger partial charge is 0.486 e. The maximum atomic E-state index is 12.2. The molecular weight excluding hydrogens is 332 g/mol. The summed E-state index contributed by atoms with van der Waals surface area (Å²) < 4.78 is 10.9. The molecule has 7 heteroatoms. The molecule has 0 saturated carbocycles. The van der Waals surface area contributed by atoms with E-state index in [0.717, 1.165) is 25.9 Å². The molecule has 3 rings (SSSR count). The third-order valence-electron chi connectivity index (χ3n) is 4.11. The van der Waals surface area contributed by atoms with Crippen LogP contribution in [-0.2, 0) is 4.79 Å². The average molecular weight is 355 g/mol. The van der Waals surface area contributed by atoms with E-state index < -0.39 is 0 Å². The quantitative estimate of drug-likeness (QED) is 0.787. The van der Waals surface area contributed by atoms with Gasteiger partial charge in [-0.05, 0) is 37.6 Å². The molecule has 1 aromatic rings. The summed E-state index contributed by atoms with van der Waals surface area (Å²) in [6.07, 6.45) is 2.48. The van der Waals surface area contributed by atoms with Crippen LogP contribution in [0.4, 0.5) is 0 Å². The van der Waals surface area contributed by atoms with Crippen LogP contribution in [-0.4, -0.2) is 44.0 Å². The Hall–Kier alpha value is -1.79. The number of hydrogen-bond acceptors (Lipinski definition) is 5. The molecule has 2 heterocycles. The van der Waals surface area contributed by atoms with Crippen molar-refractivity contribution in [2.24, 2.45) is 0 Å². The number of ketones is 1. The van der Waals surface area contributed by atoms with Gasteiger partial charge in [0.25, 0.3) is 0 Å². The number of fused-ring (bicyclic) bond motifs is 1. The first-order chi connectivity index (χ1) is 11.2. The fourth-order valence-electron chi connectivity index (χ4n) is 2.86. The smallest absolute Gasteiger partial charge is 0.220 e. The maximum Gasteiger partial charge on any atom is 0.220 e. The van der Waals surface area contributed by atoms with Crippen molar-refractivity contribution < 1.29 is 19.1 Å². The molecule has 0 unspecified atom stereocenters. The van der Waals surface area contributed by atoms with Gasteiger partial charge in [-0.3, -0.25) is 9.59 Å². The molecule has 0 spiro atoms. The third kappa shape index (κ3) is 4.85. The summed E-state index contributed by atoms with van der Waals surface area (Å²) in [4.78, 5) is 24.2. The minimum Gasteiger partial charge on any atom is -0.486 e. The van der Waals surface area contributed by atoms with Gasteiger partial charge in [-0.25, -0.2) is 0 Å². The number of carbonyl (C=O) groups is 2. The van der Waals surface area contributed by atoms with Crippen LogP contribution in [0.5, 0.6) is 11.5 Å². The lowest BCUT2D eigenvalue weighted by atomic mass is 10.0. The maximum absolute atomic E-state index is 12.2. The molecule has 24 heavy (non-hydrogen) atoms. The van der Waals surface area contributed by atoms with Crippen LogP contribution in [0.3, 0.4) is 0 Å². The summed E-state index contributed by atoms with van der Waals surface area (Å²) in [7, 11) is 0. The molecule has 1 amide bonds. The first-order valence-electron chi connectivity index (χ1n) is 8.15. The number of hydrogen-bond donors (Lipinski definition) is 2. The van der Waals surface area contributed by atoms with E-state index >= 15 is 0 Å². The second kappa shape index (κ2) is 8.89. The Balaban J connectivity index is 0.00000208. The molecule has 1 aromatic carbocycles. The first-order valence-corrected chi connectivity index (χ1v) is 8.15. The number of piperidine rings is 1. The SMILES string of the molecule is Cl.O=C(CCC(=O)c1ccc2c(c1)OCCO2)N[C@H]1CCCNC1. The van der Waals surface area contributed by atoms with E-state index in [1.807, 2.05) is 0 Å². The summed E-state index contributed by atoms with van der Waals surface area (Å²) in [6, 6.07) is 5.34. The Bertz CT molecular complexity index is 588. The molecule has 6 nitrogen and oxygen atoms in total. The van der Waals surface area contributed by atoms with Crippen LogP contribution in [0, 0.1) is 0 Å². The Labute approximate surface area is 147 Å². The van der Waals surface area contributed by atoms with Crippen molar-refractivity contribution in [3.05, 3.63) is 23.8 Å². The van der Waals surface area contributed by atoms with Crippen molar-refractivity contribution in [2.75, 3.05) is 26.3 Å². The number of nitrogens with one attached hydrogen (secondary N) is 2. The Morgan fingerprint density at radius 2 is 1.96 bits per heavy atom. The number of amides is 1. The van der Waals surface area contributed by atoms with Gasteiger partial charge < -0.3 is 20.1 Å². The Morgan fingerprint density at radius 3 is 2.71 bits per heavy atom. The van der Waals surface area contributed by atoms with Crippen LogP contribution in [0.1, 0.15) is 36.0 Å². The van der Waals surface area contributed by atoms with Gasteiger partial charge in [-0.2, -0.15) is 0 Å². The molecule has 2 aliphatic heterocycles. The second-order valence-electron chi connectivity index (χ2n) is 5.89. The number of carbonyl (C=O) groups excluding carboxylic acids is 2. The number of halogens is 1. The van der Waals surface area contributed by atoms with E-state index in [2.05, 4.69) is 10.6 Å². The van der Waals surface area contributed by atoms with Crippen molar-refractivity contribution in [1.82, 2.24) is 10.6 Å². The molecule has 2 aliphatic rings. The number of benzene rings is 1. The van der Waals surface area contributed by atoms with Gasteiger partial charge in [0.05, 0.1) is 0 Å². The van der Waals surface area contributed by atoms with Crippen LogP contribution < -0.4 is 20.1 Å². The van der Waals surface area contributed by atoms with Gasteiger partial charge in [0.2, 0.25) is 5.91 Å². The summed E-state index contributed by atoms with van der Waals surface area (Å²) in [6.45, 7) is 2.83. The van der Waals surface area contributed by atoms with E-state index in [1.54, 1.807) is 18.2 Å². The Kier molecular flexibility index (Phi) is 6.87. The summed E-state index contributed by atoms with van der Waals surface area (Å²) in [5, 5.41) is 6.23. The summed E-state index contributed by atoms with van der Waals surface area (Å²) >= 11 is 0. The van der Waals surface area contributed by atoms with Gasteiger partial charge in [0, 0.05) is 31.0 Å². The lowest BCUT2D eigenvalue weighted by Crippen LogP contribution is -2.45. The highest BCUT2D eigenvalue weighted by molar-refractivity contribution is 5.98. The monoisotopic (exact) mass is 354 g/mol. The van der Waals surface area contributed by atoms with Crippen molar-refractivity contribution in [1.29, 1.82) is 0 Å². The lowest BCUT2D eigenvalue weighted by Gasteiger charge is -2.23. The van der Waals surface area contributed by atoms with Gasteiger partial charge in [0.15, 0.2) is 17.3 Å². The zero-order chi connectivity index (χ0) is 16.1. The topological polar surface area (TPSA) is 76.7 Å². The molecule has 0 aromatic heterocycles. The number of Topliss-reactive ketones (excluding diaryl/α,β-unsaturated/α-hetero) is 1. The third-order valence-corrected chi connectivity index (χ3v) is 4.11. The van der Waals surface area contributed by atoms with E-state index in [-0.39, 0.29) is 43.0 Å². The molecule has 0 bridgehead atoms. The van der Waals surface area contributed by atoms with Gasteiger partial charge in [0.1, 0.15) is 13.2 Å². The normalized spacial score (nSPS) is 19.1. The average Bonchev–Trinajstić information content (AvgIpc) is 2.60. The predicted molar refractivity (Wildman–Crippen MR) is 92.3 cm³/mol. The zero-order valence-corrected chi connectivity index (χ0v) is 14.3. The lowest BCUT2D eigenvalue weighted by molar-refractivity contribution is -0.121. The highest BCUT2D eigenvalue weighted by Crippen LogP contribution is 2.31. The molecule has 0 radical (unpaired) electrons. The fraction of sp³-hybridized carbons (Fsp3) is 0.529. The molecular formula is C17H23ClN2O4. The number of ether oxygens (including phenoxy) is 2. The van der Waals surface area contributed by atoms with Gasteiger partial charge in [-0.1, -0.05) is 0 Å². The molecule has 0 aliphatic carbocycles. The van der Waals surface area contributed by atoms with Crippen LogP contribution >= 0.6 is 12.4 Å². The molecule has 1 saturated heterocycles. The standard InChI is InChI=1S/C17H22N2O4.ClH/c20-14(4-6-17(21)19-13-2-1-7-18-11-13)12-3-5-15-16(10-12)23-9-8-22-15;/h3,5,10,13,18H,1-2,4,6-9,11H2,(H,19,21);1H/t13-;/m0./s1. The van der Waals surface area contributed by atoms with E-state index in [9.17, 15) is 9.59 Å². The van der Waals surface area contributed by atoms with E-state index in [4.69, 9.17) is 9.47 Å². The molecule has 1 atom stereocenters. The van der Waals surface area contributed by atoms with Crippen molar-refractivity contribution in [2.45, 2.75) is 31.7 Å². The minimum atomic E-state index is -0.0652. The van der Waals surface area contributed by atoms with Gasteiger partial charge in [-0.15, -0.1) is 12.4 Å². The van der Waals surface area contributed by atoms with E-state index in [0.29, 0.717) is 30.3 Å². The van der Waals surface area contributed by atoms with Crippen molar-refractivity contribution >= 4 is 24.1 Å². The highest BCUT2D eigenvalue weighted by atomic mass is 35.5. The van der Waals surface area contributed by atoms with Crippen LogP contribution in [0.15, 0.2) is 18.2 Å². The van der Waals surface area contributed by atoms with Crippen LogP contribution in [0.2, 0.25) is 0 Å². The number of rotatable bonds is 5. The van der Waals surface area contributed by atoms with Crippen molar-refractivity contribution in [3.63, 3.8) is 0 Å². The predicted octanol–water partition coefficient (Wildman–Crippen LogP) is 1.71. The zero-order valence-electron chi connectivity index (χ0n) is 13.5. The highest BCUT2D eigenvalue weighted by Gasteiger charge is 2.18. The van der Waals surface area contributed by atoms with Crippen molar-refractivity contribution in [3.8, 4) is 11.5 Å². The Morgan fingerprint density at radius 1 is 1.17 bits per heavy atom. The second-order valence-corrected chi connectivity index (χ2v) is 5.89. The molecule has 2 N–H and O–H groups in total. The fourth-order valence-corrected chi connectivity index (χ4v) is 2.86. The summed E-state index contributed by atoms with van der Waals surface area (Å²) in [5.41, 5.74) is 0.557. The van der Waals surface area contributed by atoms with Crippen LogP contribution in [0.25, 0.3) is 0 Å². The van der Waals surface area contributed by atoms with Gasteiger partial charge >= 0.3 is 0 Å². The first kappa shape index (κ1) is 18.5. The molecule has 1 fully saturated rings. The molecule has 132 valence electrons. The minimum absolute atomic E-state index is 0. The summed E-state index contributed by atoms with van der Waals surface area (Å²) in [5.74, 6) is 1.14.